The lowest BCUT2D eigenvalue weighted by molar-refractivity contribution is -0.173. The Labute approximate surface area is 114 Å². The summed E-state index contributed by atoms with van der Waals surface area (Å²) >= 11 is 0. The second-order valence-corrected chi connectivity index (χ2v) is 4.79. The van der Waals surface area contributed by atoms with Crippen molar-refractivity contribution in [3.8, 4) is 0 Å². The maximum atomic E-state index is 11.8. The molecule has 0 aromatic rings. The number of amides is 1. The van der Waals surface area contributed by atoms with Crippen molar-refractivity contribution < 1.29 is 32.6 Å². The van der Waals surface area contributed by atoms with E-state index < -0.39 is 36.5 Å². The molecule has 0 unspecified atom stereocenters. The summed E-state index contributed by atoms with van der Waals surface area (Å²) < 4.78 is 39.7. The molecule has 0 spiro atoms. The Kier molecular flexibility index (Phi) is 6.25. The molecular weight excluding hydrogens is 279 g/mol. The fourth-order valence-corrected chi connectivity index (χ4v) is 2.31. The zero-order valence-electron chi connectivity index (χ0n) is 10.9. The van der Waals surface area contributed by atoms with E-state index in [2.05, 4.69) is 10.1 Å². The van der Waals surface area contributed by atoms with Crippen molar-refractivity contribution in [2.75, 3.05) is 19.8 Å². The summed E-state index contributed by atoms with van der Waals surface area (Å²) in [5.74, 6) is -2.74. The maximum absolute atomic E-state index is 11.8. The highest BCUT2D eigenvalue weighted by Crippen LogP contribution is 2.30. The molecule has 116 valence electrons. The van der Waals surface area contributed by atoms with Gasteiger partial charge in [0.05, 0.1) is 18.4 Å². The summed E-state index contributed by atoms with van der Waals surface area (Å²) in [6.07, 6.45) is -1.88. The fraction of sp³-hybridized carbons (Fsp3) is 0.833. The minimum Gasteiger partial charge on any atom is -0.481 e. The number of hydrogen-bond acceptors (Lipinski definition) is 3. The van der Waals surface area contributed by atoms with Crippen molar-refractivity contribution in [3.05, 3.63) is 0 Å². The molecule has 0 heterocycles. The van der Waals surface area contributed by atoms with E-state index in [1.54, 1.807) is 0 Å². The maximum Gasteiger partial charge on any atom is 0.411 e. The summed E-state index contributed by atoms with van der Waals surface area (Å²) in [5, 5.41) is 11.5. The zero-order valence-corrected chi connectivity index (χ0v) is 10.9. The van der Waals surface area contributed by atoms with E-state index in [4.69, 9.17) is 5.11 Å². The van der Waals surface area contributed by atoms with Gasteiger partial charge in [0.15, 0.2) is 0 Å². The number of halogens is 3. The first-order chi connectivity index (χ1) is 9.31. The number of carbonyl (C=O) groups excluding carboxylic acids is 1. The van der Waals surface area contributed by atoms with Gasteiger partial charge in [0, 0.05) is 6.54 Å². The van der Waals surface area contributed by atoms with Gasteiger partial charge in [0.25, 0.3) is 0 Å². The van der Waals surface area contributed by atoms with E-state index in [0.29, 0.717) is 12.8 Å². The van der Waals surface area contributed by atoms with Gasteiger partial charge in [-0.2, -0.15) is 13.2 Å². The molecule has 0 aromatic heterocycles. The Hall–Kier alpha value is -1.31. The van der Waals surface area contributed by atoms with Crippen LogP contribution in [-0.4, -0.2) is 42.9 Å². The average Bonchev–Trinajstić information content (AvgIpc) is 2.36. The third-order valence-electron chi connectivity index (χ3n) is 3.23. The van der Waals surface area contributed by atoms with E-state index in [0.717, 1.165) is 12.8 Å². The summed E-state index contributed by atoms with van der Waals surface area (Å²) in [4.78, 5) is 22.8. The molecule has 0 radical (unpaired) electrons. The number of aliphatic carboxylic acids is 1. The smallest absolute Gasteiger partial charge is 0.411 e. The highest BCUT2D eigenvalue weighted by molar-refractivity contribution is 5.84. The average molecular weight is 297 g/mol. The number of hydrogen-bond donors (Lipinski definition) is 2. The topological polar surface area (TPSA) is 75.6 Å². The largest absolute Gasteiger partial charge is 0.481 e. The van der Waals surface area contributed by atoms with Gasteiger partial charge >= 0.3 is 12.1 Å². The van der Waals surface area contributed by atoms with Gasteiger partial charge in [-0.25, -0.2) is 0 Å². The first-order valence-corrected chi connectivity index (χ1v) is 6.46. The number of carboxylic acids is 1. The number of ether oxygens (including phenoxy) is 1. The quantitative estimate of drug-likeness (QED) is 0.730. The minimum absolute atomic E-state index is 0.0578. The lowest BCUT2D eigenvalue weighted by Gasteiger charge is -2.27. The third-order valence-corrected chi connectivity index (χ3v) is 3.23. The number of carbonyl (C=O) groups is 2. The number of nitrogens with one attached hydrogen (secondary N) is 1. The van der Waals surface area contributed by atoms with Gasteiger partial charge < -0.3 is 15.2 Å². The van der Waals surface area contributed by atoms with Crippen LogP contribution in [0.15, 0.2) is 0 Å². The Morgan fingerprint density at radius 2 is 1.80 bits per heavy atom. The van der Waals surface area contributed by atoms with Crippen LogP contribution in [0.3, 0.4) is 0 Å². The van der Waals surface area contributed by atoms with Crippen LogP contribution in [0.2, 0.25) is 0 Å². The predicted octanol–water partition coefficient (Wildman–Crippen LogP) is 1.57. The molecule has 5 nitrogen and oxygen atoms in total. The lowest BCUT2D eigenvalue weighted by atomic mass is 9.79. The minimum atomic E-state index is -4.39. The monoisotopic (exact) mass is 297 g/mol. The SMILES string of the molecule is O=C(O)[C@H]1CCCC[C@H]1C(=O)NCCOCC(F)(F)F. The Bertz CT molecular complexity index is 346. The van der Waals surface area contributed by atoms with Crippen LogP contribution >= 0.6 is 0 Å². The molecule has 1 rings (SSSR count). The van der Waals surface area contributed by atoms with E-state index in [1.807, 2.05) is 0 Å². The molecule has 8 heteroatoms. The van der Waals surface area contributed by atoms with Crippen LogP contribution in [0.5, 0.6) is 0 Å². The summed E-state index contributed by atoms with van der Waals surface area (Å²) in [6.45, 7) is -1.67. The predicted molar refractivity (Wildman–Crippen MR) is 63.0 cm³/mol. The Morgan fingerprint density at radius 3 is 2.35 bits per heavy atom. The Morgan fingerprint density at radius 1 is 1.20 bits per heavy atom. The Balaban J connectivity index is 2.29. The van der Waals surface area contributed by atoms with Crippen LogP contribution < -0.4 is 5.32 Å². The molecule has 1 amide bonds. The van der Waals surface area contributed by atoms with Crippen LogP contribution in [0.1, 0.15) is 25.7 Å². The molecular formula is C12H18F3NO4. The molecule has 1 fully saturated rings. The van der Waals surface area contributed by atoms with Gasteiger partial charge in [-0.05, 0) is 12.8 Å². The van der Waals surface area contributed by atoms with Gasteiger partial charge in [-0.3, -0.25) is 9.59 Å². The van der Waals surface area contributed by atoms with Crippen molar-refractivity contribution >= 4 is 11.9 Å². The molecule has 0 saturated heterocycles. The molecule has 2 N–H and O–H groups in total. The number of rotatable bonds is 6. The summed E-state index contributed by atoms with van der Waals surface area (Å²) in [6, 6.07) is 0. The normalized spacial score (nSPS) is 23.4. The van der Waals surface area contributed by atoms with Crippen molar-refractivity contribution in [3.63, 3.8) is 0 Å². The summed E-state index contributed by atoms with van der Waals surface area (Å²) in [5.41, 5.74) is 0. The van der Waals surface area contributed by atoms with Crippen LogP contribution in [0.4, 0.5) is 13.2 Å². The van der Waals surface area contributed by atoms with Crippen LogP contribution in [0.25, 0.3) is 0 Å². The molecule has 2 atom stereocenters. The first kappa shape index (κ1) is 16.7. The van der Waals surface area contributed by atoms with Crippen LogP contribution in [0, 0.1) is 11.8 Å². The highest BCUT2D eigenvalue weighted by Gasteiger charge is 2.35. The summed E-state index contributed by atoms with van der Waals surface area (Å²) in [7, 11) is 0. The third kappa shape index (κ3) is 5.77. The van der Waals surface area contributed by atoms with E-state index in [9.17, 15) is 22.8 Å². The van der Waals surface area contributed by atoms with Gasteiger partial charge in [0.1, 0.15) is 6.61 Å². The molecule has 20 heavy (non-hydrogen) atoms. The van der Waals surface area contributed by atoms with Gasteiger partial charge in [0.2, 0.25) is 5.91 Å². The molecule has 0 bridgehead atoms. The fourth-order valence-electron chi connectivity index (χ4n) is 2.31. The van der Waals surface area contributed by atoms with E-state index in [-0.39, 0.29) is 13.2 Å². The number of alkyl halides is 3. The zero-order chi connectivity index (χ0) is 15.2. The molecule has 1 saturated carbocycles. The number of carboxylic acid groups (broad SMARTS) is 1. The highest BCUT2D eigenvalue weighted by atomic mass is 19.4. The van der Waals surface area contributed by atoms with Crippen LogP contribution in [-0.2, 0) is 14.3 Å². The molecule has 0 aliphatic heterocycles. The van der Waals surface area contributed by atoms with Crippen molar-refractivity contribution in [1.82, 2.24) is 5.32 Å². The van der Waals surface area contributed by atoms with Crippen molar-refractivity contribution in [2.24, 2.45) is 11.8 Å². The second-order valence-electron chi connectivity index (χ2n) is 4.79. The second kappa shape index (κ2) is 7.47. The van der Waals surface area contributed by atoms with E-state index >= 15 is 0 Å². The first-order valence-electron chi connectivity index (χ1n) is 6.46. The molecule has 1 aliphatic carbocycles. The standard InChI is InChI=1S/C12H18F3NO4/c13-12(14,15)7-20-6-5-16-10(17)8-3-1-2-4-9(8)11(18)19/h8-9H,1-7H2,(H,16,17)(H,18,19)/t8-,9+/m1/s1. The lowest BCUT2D eigenvalue weighted by Crippen LogP contribution is -2.41. The van der Waals surface area contributed by atoms with Crippen molar-refractivity contribution in [2.45, 2.75) is 31.9 Å². The van der Waals surface area contributed by atoms with Gasteiger partial charge in [-0.15, -0.1) is 0 Å². The molecule has 0 aromatic carbocycles. The molecule has 1 aliphatic rings. The van der Waals surface area contributed by atoms with Gasteiger partial charge in [-0.1, -0.05) is 12.8 Å². The van der Waals surface area contributed by atoms with Crippen molar-refractivity contribution in [1.29, 1.82) is 0 Å². The van der Waals surface area contributed by atoms with E-state index in [1.165, 1.54) is 0 Å².